The fraction of sp³-hybridized carbons (Fsp3) is 0.391. The summed E-state index contributed by atoms with van der Waals surface area (Å²) >= 11 is 1.19. The molecule has 0 aliphatic heterocycles. The molecule has 0 radical (unpaired) electrons. The fourth-order valence-electron chi connectivity index (χ4n) is 3.98. The molecule has 3 N–H and O–H groups in total. The number of oxime groups is 1. The second-order valence-electron chi connectivity index (χ2n) is 8.64. The topological polar surface area (TPSA) is 146 Å². The van der Waals surface area contributed by atoms with Crippen LogP contribution in [0.4, 0.5) is 10.9 Å². The molecular formula is C23H25N5O5S2. The smallest absolute Gasteiger partial charge is 0.280 e. The zero-order chi connectivity index (χ0) is 24.6. The molecule has 2 atom stereocenters. The summed E-state index contributed by atoms with van der Waals surface area (Å²) in [5, 5.41) is 6.96. The van der Waals surface area contributed by atoms with Gasteiger partial charge in [0.05, 0.1) is 16.2 Å². The lowest BCUT2D eigenvalue weighted by molar-refractivity contribution is -0.110. The molecule has 2 aliphatic carbocycles. The minimum absolute atomic E-state index is 0.0213. The number of sulfone groups is 1. The number of anilines is 2. The van der Waals surface area contributed by atoms with Crippen molar-refractivity contribution in [1.82, 2.24) is 9.97 Å². The molecule has 0 bridgehead atoms. The number of benzene rings is 1. The van der Waals surface area contributed by atoms with Gasteiger partial charge in [-0.15, -0.1) is 0 Å². The molecule has 184 valence electrons. The number of pyridine rings is 1. The van der Waals surface area contributed by atoms with E-state index in [1.165, 1.54) is 23.5 Å². The van der Waals surface area contributed by atoms with Crippen LogP contribution in [0.25, 0.3) is 10.3 Å². The summed E-state index contributed by atoms with van der Waals surface area (Å²) in [6.45, 7) is 0. The third-order valence-electron chi connectivity index (χ3n) is 6.09. The molecule has 3 aromatic rings. The van der Waals surface area contributed by atoms with Crippen LogP contribution in [0.2, 0.25) is 0 Å². The highest BCUT2D eigenvalue weighted by Gasteiger charge is 2.37. The number of methoxy groups -OCH3 is 1. The number of rotatable bonds is 8. The van der Waals surface area contributed by atoms with Crippen molar-refractivity contribution in [1.29, 1.82) is 0 Å². The van der Waals surface area contributed by atoms with Crippen LogP contribution in [0.3, 0.4) is 0 Å². The Kier molecular flexibility index (Phi) is 6.43. The maximum atomic E-state index is 13.2. The molecule has 12 heteroatoms. The molecular weight excluding hydrogens is 490 g/mol. The van der Waals surface area contributed by atoms with Gasteiger partial charge in [0.25, 0.3) is 5.91 Å². The number of nitrogens with zero attached hydrogens (tertiary/aromatic N) is 3. The fourth-order valence-corrected chi connectivity index (χ4v) is 6.47. The monoisotopic (exact) mass is 515 g/mol. The van der Waals surface area contributed by atoms with Gasteiger partial charge in [-0.1, -0.05) is 28.6 Å². The summed E-state index contributed by atoms with van der Waals surface area (Å²) in [5.74, 6) is -0.169. The molecule has 1 amide bonds. The predicted octanol–water partition coefficient (Wildman–Crippen LogP) is 3.14. The van der Waals surface area contributed by atoms with Gasteiger partial charge in [0.1, 0.15) is 22.3 Å². The molecule has 0 spiro atoms. The number of amides is 1. The lowest BCUT2D eigenvalue weighted by Crippen LogP contribution is -2.25. The van der Waals surface area contributed by atoms with Crippen molar-refractivity contribution >= 4 is 54.1 Å². The maximum absolute atomic E-state index is 13.2. The Morgan fingerprint density at radius 2 is 1.83 bits per heavy atom. The number of nitrogen functional groups attached to an aromatic ring is 1. The van der Waals surface area contributed by atoms with E-state index in [1.807, 2.05) is 0 Å². The molecule has 0 saturated heterocycles. The summed E-state index contributed by atoms with van der Waals surface area (Å²) in [6, 6.07) is 9.53. The molecule has 5 rings (SSSR count). The van der Waals surface area contributed by atoms with E-state index in [4.69, 9.17) is 15.3 Å². The van der Waals surface area contributed by atoms with E-state index in [0.29, 0.717) is 46.1 Å². The van der Waals surface area contributed by atoms with Crippen molar-refractivity contribution in [3.8, 4) is 0 Å². The molecule has 1 aromatic carbocycles. The molecule has 2 heterocycles. The molecule has 2 aromatic heterocycles. The molecule has 2 aliphatic rings. The number of nitrogens with one attached hydrogen (secondary N) is 1. The number of hydrogen-bond donors (Lipinski definition) is 2. The van der Waals surface area contributed by atoms with E-state index in [1.54, 1.807) is 31.4 Å². The Labute approximate surface area is 206 Å². The normalized spacial score (nSPS) is 20.8. The predicted molar refractivity (Wildman–Crippen MR) is 133 cm³/mol. The minimum atomic E-state index is -3.34. The van der Waals surface area contributed by atoms with Crippen LogP contribution < -0.4 is 11.1 Å². The van der Waals surface area contributed by atoms with Crippen molar-refractivity contribution in [3.63, 3.8) is 0 Å². The van der Waals surface area contributed by atoms with Gasteiger partial charge in [-0.3, -0.25) is 10.1 Å². The number of aromatic nitrogens is 2. The first-order valence-electron chi connectivity index (χ1n) is 11.3. The number of carbonyl (C=O) groups excluding carboxylic acids is 1. The SMILES string of the molecule is CO[C@@H]1CC[C@@H](ON=C(C(=O)Nc2nc3ccc(N)nc3s2)c2ccc(S(=O)(=O)C3CC3)cc2)C1. The quantitative estimate of drug-likeness (QED) is 0.344. The van der Waals surface area contributed by atoms with E-state index >= 15 is 0 Å². The third kappa shape index (κ3) is 5.14. The first kappa shape index (κ1) is 23.6. The van der Waals surface area contributed by atoms with Crippen LogP contribution in [0.1, 0.15) is 37.7 Å². The summed E-state index contributed by atoms with van der Waals surface area (Å²) in [5.41, 5.74) is 6.80. The number of fused-ring (bicyclic) bond motifs is 1. The number of nitrogens with two attached hydrogens (primary N) is 1. The van der Waals surface area contributed by atoms with Gasteiger partial charge in [-0.05, 0) is 49.9 Å². The zero-order valence-corrected chi connectivity index (χ0v) is 20.6. The standard InChI is InChI=1S/C23H25N5O5S2/c1-32-14-4-5-15(12-14)33-28-20(13-2-6-16(7-3-13)35(30,31)17-8-9-17)21(29)27-23-25-18-10-11-19(24)26-22(18)34-23/h2-3,6-7,10-11,14-15,17H,4-5,8-9,12H2,1H3,(H2,24,26)(H,25,27,29)/t14-,15-/m1/s1. The number of hydrogen-bond acceptors (Lipinski definition) is 10. The largest absolute Gasteiger partial charge is 0.392 e. The van der Waals surface area contributed by atoms with Crippen LogP contribution >= 0.6 is 11.3 Å². The van der Waals surface area contributed by atoms with E-state index < -0.39 is 15.7 Å². The number of thiazole rings is 1. The van der Waals surface area contributed by atoms with Crippen LogP contribution in [0.5, 0.6) is 0 Å². The van der Waals surface area contributed by atoms with E-state index in [-0.39, 0.29) is 28.1 Å². The van der Waals surface area contributed by atoms with Gasteiger partial charge in [-0.25, -0.2) is 18.4 Å². The molecule has 2 fully saturated rings. The Morgan fingerprint density at radius 1 is 1.09 bits per heavy atom. The number of carbonyl (C=O) groups is 1. The molecule has 10 nitrogen and oxygen atoms in total. The first-order valence-corrected chi connectivity index (χ1v) is 13.6. The minimum Gasteiger partial charge on any atom is -0.392 e. The van der Waals surface area contributed by atoms with Crippen LogP contribution in [0.15, 0.2) is 46.4 Å². The van der Waals surface area contributed by atoms with Crippen LogP contribution in [0, 0.1) is 0 Å². The lowest BCUT2D eigenvalue weighted by Gasteiger charge is -2.12. The highest BCUT2D eigenvalue weighted by Crippen LogP contribution is 2.33. The second-order valence-corrected chi connectivity index (χ2v) is 11.8. The molecule has 0 unspecified atom stereocenters. The van der Waals surface area contributed by atoms with Crippen molar-refractivity contribution in [3.05, 3.63) is 42.0 Å². The summed E-state index contributed by atoms with van der Waals surface area (Å²) < 4.78 is 30.5. The molecule has 2 saturated carbocycles. The van der Waals surface area contributed by atoms with E-state index in [9.17, 15) is 13.2 Å². The van der Waals surface area contributed by atoms with Crippen molar-refractivity contribution in [2.75, 3.05) is 18.2 Å². The van der Waals surface area contributed by atoms with Crippen molar-refractivity contribution in [2.45, 2.75) is 54.5 Å². The Hall–Kier alpha value is -3.09. The Bertz CT molecular complexity index is 1380. The molecule has 35 heavy (non-hydrogen) atoms. The van der Waals surface area contributed by atoms with Gasteiger partial charge >= 0.3 is 0 Å². The second kappa shape index (κ2) is 9.51. The third-order valence-corrected chi connectivity index (χ3v) is 9.25. The average molecular weight is 516 g/mol. The number of ether oxygens (including phenoxy) is 1. The van der Waals surface area contributed by atoms with E-state index in [0.717, 1.165) is 12.8 Å². The Balaban J connectivity index is 1.40. The van der Waals surface area contributed by atoms with Gasteiger partial charge in [0, 0.05) is 19.1 Å². The highest BCUT2D eigenvalue weighted by molar-refractivity contribution is 7.92. The summed E-state index contributed by atoms with van der Waals surface area (Å²) in [7, 11) is -1.68. The first-order chi connectivity index (χ1) is 16.8. The summed E-state index contributed by atoms with van der Waals surface area (Å²) in [6.07, 6.45) is 3.58. The van der Waals surface area contributed by atoms with Gasteiger partial charge in [0.2, 0.25) is 0 Å². The highest BCUT2D eigenvalue weighted by atomic mass is 32.2. The maximum Gasteiger partial charge on any atom is 0.280 e. The van der Waals surface area contributed by atoms with E-state index in [2.05, 4.69) is 20.4 Å². The zero-order valence-electron chi connectivity index (χ0n) is 19.0. The van der Waals surface area contributed by atoms with Gasteiger partial charge in [0.15, 0.2) is 20.7 Å². The van der Waals surface area contributed by atoms with Crippen LogP contribution in [-0.2, 0) is 24.2 Å². The lowest BCUT2D eigenvalue weighted by atomic mass is 10.1. The summed E-state index contributed by atoms with van der Waals surface area (Å²) in [4.78, 5) is 28.4. The van der Waals surface area contributed by atoms with Crippen molar-refractivity contribution in [2.24, 2.45) is 5.16 Å². The van der Waals surface area contributed by atoms with Crippen LogP contribution in [-0.4, -0.2) is 54.6 Å². The average Bonchev–Trinajstić information content (AvgIpc) is 3.49. The van der Waals surface area contributed by atoms with Gasteiger partial charge < -0.3 is 15.3 Å². The Morgan fingerprint density at radius 3 is 2.51 bits per heavy atom. The van der Waals surface area contributed by atoms with Crippen molar-refractivity contribution < 1.29 is 22.8 Å². The van der Waals surface area contributed by atoms with Gasteiger partial charge in [-0.2, -0.15) is 0 Å².